The highest BCUT2D eigenvalue weighted by molar-refractivity contribution is 5.58. The molecule has 0 bridgehead atoms. The van der Waals surface area contributed by atoms with Gasteiger partial charge in [0, 0.05) is 30.0 Å². The first-order valence-electron chi connectivity index (χ1n) is 6.28. The molecule has 0 aliphatic rings. The Bertz CT molecular complexity index is 507. The minimum atomic E-state index is -0.0702. The standard InChI is InChI=1S/C14H19N5/c1-14(2,10-15-3)17-13-7-6-12(18-19-13)11-5-4-8-16-9-11/h4-9,15H,10H2,1-3H3,(H,17,19). The van der Waals surface area contributed by atoms with Crippen LogP contribution in [-0.2, 0) is 0 Å². The Labute approximate surface area is 113 Å². The summed E-state index contributed by atoms with van der Waals surface area (Å²) in [4.78, 5) is 4.08. The molecule has 2 N–H and O–H groups in total. The molecule has 0 amide bonds. The second-order valence-corrected chi connectivity index (χ2v) is 5.08. The van der Waals surface area contributed by atoms with E-state index in [2.05, 4.69) is 39.7 Å². The summed E-state index contributed by atoms with van der Waals surface area (Å²) >= 11 is 0. The van der Waals surface area contributed by atoms with E-state index < -0.39 is 0 Å². The van der Waals surface area contributed by atoms with Gasteiger partial charge in [-0.25, -0.2) is 0 Å². The largest absolute Gasteiger partial charge is 0.362 e. The van der Waals surface area contributed by atoms with Gasteiger partial charge in [-0.05, 0) is 45.2 Å². The fraction of sp³-hybridized carbons (Fsp3) is 0.357. The predicted octanol–water partition coefficient (Wildman–Crippen LogP) is 1.95. The Hall–Kier alpha value is -2.01. The van der Waals surface area contributed by atoms with Crippen molar-refractivity contribution in [3.8, 4) is 11.3 Å². The first-order chi connectivity index (χ1) is 9.11. The molecule has 100 valence electrons. The maximum Gasteiger partial charge on any atom is 0.149 e. The number of aromatic nitrogens is 3. The van der Waals surface area contributed by atoms with Gasteiger partial charge in [0.05, 0.1) is 5.69 Å². The van der Waals surface area contributed by atoms with E-state index in [0.717, 1.165) is 23.6 Å². The molecule has 2 aromatic rings. The molecule has 0 saturated heterocycles. The highest BCUT2D eigenvalue weighted by atomic mass is 15.2. The van der Waals surface area contributed by atoms with Crippen LogP contribution in [0.5, 0.6) is 0 Å². The van der Waals surface area contributed by atoms with Crippen LogP contribution < -0.4 is 10.6 Å². The molecule has 0 aliphatic heterocycles. The van der Waals surface area contributed by atoms with Crippen LogP contribution in [-0.4, -0.2) is 34.3 Å². The summed E-state index contributed by atoms with van der Waals surface area (Å²) in [7, 11) is 1.93. The topological polar surface area (TPSA) is 62.7 Å². The molecule has 0 unspecified atom stereocenters. The van der Waals surface area contributed by atoms with Crippen molar-refractivity contribution in [3.05, 3.63) is 36.7 Å². The molecule has 0 atom stereocenters. The third-order valence-electron chi connectivity index (χ3n) is 2.71. The number of hydrogen-bond donors (Lipinski definition) is 2. The molecular formula is C14H19N5. The van der Waals surface area contributed by atoms with Crippen molar-refractivity contribution in [1.29, 1.82) is 0 Å². The van der Waals surface area contributed by atoms with Crippen LogP contribution in [0.3, 0.4) is 0 Å². The Balaban J connectivity index is 2.11. The van der Waals surface area contributed by atoms with E-state index in [-0.39, 0.29) is 5.54 Å². The van der Waals surface area contributed by atoms with Gasteiger partial charge < -0.3 is 10.6 Å². The zero-order valence-corrected chi connectivity index (χ0v) is 11.5. The van der Waals surface area contributed by atoms with Crippen molar-refractivity contribution in [2.24, 2.45) is 0 Å². The molecule has 5 heteroatoms. The minimum Gasteiger partial charge on any atom is -0.362 e. The smallest absolute Gasteiger partial charge is 0.149 e. The van der Waals surface area contributed by atoms with E-state index in [1.165, 1.54) is 0 Å². The first kappa shape index (κ1) is 13.4. The van der Waals surface area contributed by atoms with Crippen molar-refractivity contribution < 1.29 is 0 Å². The summed E-state index contributed by atoms with van der Waals surface area (Å²) in [6.07, 6.45) is 3.52. The molecule has 0 aliphatic carbocycles. The molecule has 0 aromatic carbocycles. The number of hydrogen-bond acceptors (Lipinski definition) is 5. The van der Waals surface area contributed by atoms with Gasteiger partial charge >= 0.3 is 0 Å². The lowest BCUT2D eigenvalue weighted by Crippen LogP contribution is -2.40. The summed E-state index contributed by atoms with van der Waals surface area (Å²) in [5.41, 5.74) is 1.72. The summed E-state index contributed by atoms with van der Waals surface area (Å²) in [6.45, 7) is 5.07. The number of rotatable bonds is 5. The maximum absolute atomic E-state index is 4.22. The van der Waals surface area contributed by atoms with Crippen LogP contribution >= 0.6 is 0 Å². The average Bonchev–Trinajstić information content (AvgIpc) is 2.40. The van der Waals surface area contributed by atoms with E-state index in [1.54, 1.807) is 12.4 Å². The van der Waals surface area contributed by atoms with Crippen molar-refractivity contribution in [2.45, 2.75) is 19.4 Å². The fourth-order valence-corrected chi connectivity index (χ4v) is 1.90. The zero-order chi connectivity index (χ0) is 13.7. The monoisotopic (exact) mass is 257 g/mol. The second-order valence-electron chi connectivity index (χ2n) is 5.08. The summed E-state index contributed by atoms with van der Waals surface area (Å²) in [5, 5.41) is 14.9. The highest BCUT2D eigenvalue weighted by Crippen LogP contribution is 2.17. The molecule has 0 spiro atoms. The molecule has 2 aromatic heterocycles. The number of nitrogens with one attached hydrogen (secondary N) is 2. The summed E-state index contributed by atoms with van der Waals surface area (Å²) in [5.74, 6) is 0.771. The molecular weight excluding hydrogens is 238 g/mol. The normalized spacial score (nSPS) is 11.3. The Morgan fingerprint density at radius 2 is 2.00 bits per heavy atom. The number of likely N-dealkylation sites (N-methyl/N-ethyl adjacent to an activating group) is 1. The van der Waals surface area contributed by atoms with Crippen LogP contribution in [0.4, 0.5) is 5.82 Å². The summed E-state index contributed by atoms with van der Waals surface area (Å²) in [6, 6.07) is 7.74. The number of nitrogens with zero attached hydrogens (tertiary/aromatic N) is 3. The Morgan fingerprint density at radius 1 is 1.16 bits per heavy atom. The number of pyridine rings is 1. The average molecular weight is 257 g/mol. The van der Waals surface area contributed by atoms with Crippen LogP contribution in [0.2, 0.25) is 0 Å². The Morgan fingerprint density at radius 3 is 2.58 bits per heavy atom. The molecule has 0 radical (unpaired) electrons. The van der Waals surface area contributed by atoms with Crippen molar-refractivity contribution in [3.63, 3.8) is 0 Å². The van der Waals surface area contributed by atoms with E-state index in [4.69, 9.17) is 0 Å². The van der Waals surface area contributed by atoms with E-state index in [1.807, 2.05) is 31.3 Å². The van der Waals surface area contributed by atoms with E-state index in [9.17, 15) is 0 Å². The first-order valence-corrected chi connectivity index (χ1v) is 6.28. The molecule has 2 rings (SSSR count). The third kappa shape index (κ3) is 3.72. The van der Waals surface area contributed by atoms with Crippen LogP contribution in [0.15, 0.2) is 36.7 Å². The Kier molecular flexibility index (Phi) is 4.06. The van der Waals surface area contributed by atoms with Crippen LogP contribution in [0, 0.1) is 0 Å². The van der Waals surface area contributed by atoms with Crippen molar-refractivity contribution >= 4 is 5.82 Å². The lowest BCUT2D eigenvalue weighted by molar-refractivity contribution is 0.527. The van der Waals surface area contributed by atoms with Gasteiger partial charge in [0.15, 0.2) is 0 Å². The van der Waals surface area contributed by atoms with Gasteiger partial charge in [-0.15, -0.1) is 10.2 Å². The molecule has 2 heterocycles. The van der Waals surface area contributed by atoms with Gasteiger partial charge in [0.2, 0.25) is 0 Å². The molecule has 0 fully saturated rings. The third-order valence-corrected chi connectivity index (χ3v) is 2.71. The molecule has 19 heavy (non-hydrogen) atoms. The highest BCUT2D eigenvalue weighted by Gasteiger charge is 2.16. The predicted molar refractivity (Wildman–Crippen MR) is 76.9 cm³/mol. The van der Waals surface area contributed by atoms with E-state index >= 15 is 0 Å². The SMILES string of the molecule is CNCC(C)(C)Nc1ccc(-c2cccnc2)nn1. The fourth-order valence-electron chi connectivity index (χ4n) is 1.90. The second kappa shape index (κ2) is 5.75. The van der Waals surface area contributed by atoms with Crippen LogP contribution in [0.1, 0.15) is 13.8 Å². The van der Waals surface area contributed by atoms with E-state index in [0.29, 0.717) is 0 Å². The quantitative estimate of drug-likeness (QED) is 0.857. The molecule has 0 saturated carbocycles. The number of anilines is 1. The maximum atomic E-state index is 4.22. The summed E-state index contributed by atoms with van der Waals surface area (Å²) < 4.78 is 0. The van der Waals surface area contributed by atoms with Crippen molar-refractivity contribution in [2.75, 3.05) is 18.9 Å². The van der Waals surface area contributed by atoms with Gasteiger partial charge in [-0.1, -0.05) is 0 Å². The lowest BCUT2D eigenvalue weighted by atomic mass is 10.1. The van der Waals surface area contributed by atoms with Crippen molar-refractivity contribution in [1.82, 2.24) is 20.5 Å². The van der Waals surface area contributed by atoms with Crippen LogP contribution in [0.25, 0.3) is 11.3 Å². The lowest BCUT2D eigenvalue weighted by Gasteiger charge is -2.26. The minimum absolute atomic E-state index is 0.0702. The van der Waals surface area contributed by atoms with Gasteiger partial charge in [-0.2, -0.15) is 0 Å². The van der Waals surface area contributed by atoms with Gasteiger partial charge in [0.25, 0.3) is 0 Å². The zero-order valence-electron chi connectivity index (χ0n) is 11.5. The van der Waals surface area contributed by atoms with Gasteiger partial charge in [0.1, 0.15) is 5.82 Å². The molecule has 5 nitrogen and oxygen atoms in total. The van der Waals surface area contributed by atoms with Gasteiger partial charge in [-0.3, -0.25) is 4.98 Å².